The number of halogens is 6. The molecule has 0 saturated heterocycles. The summed E-state index contributed by atoms with van der Waals surface area (Å²) in [6.45, 7) is 2.71. The number of rotatable bonds is 2. The Morgan fingerprint density at radius 1 is 1.13 bits per heavy atom. The molecular formula is C16H14F6O. The van der Waals surface area contributed by atoms with Crippen LogP contribution in [0.4, 0.5) is 26.3 Å². The van der Waals surface area contributed by atoms with Crippen LogP contribution in [0.15, 0.2) is 35.9 Å². The Hall–Kier alpha value is -1.76. The van der Waals surface area contributed by atoms with Crippen molar-refractivity contribution in [3.05, 3.63) is 52.6 Å². The Labute approximate surface area is 128 Å². The lowest BCUT2D eigenvalue weighted by Crippen LogP contribution is -2.42. The maximum atomic E-state index is 13.4. The van der Waals surface area contributed by atoms with E-state index in [4.69, 9.17) is 0 Å². The van der Waals surface area contributed by atoms with Crippen molar-refractivity contribution >= 4 is 5.57 Å². The van der Waals surface area contributed by atoms with Gasteiger partial charge in [-0.15, -0.1) is 0 Å². The summed E-state index contributed by atoms with van der Waals surface area (Å²) in [4.78, 5) is 0. The molecule has 7 heteroatoms. The standard InChI is InChI=1S/C16H14F6O/c1-3-4-6-10-9(2)14(23,16(20,21)22)11-7-5-8-12(13(10)11)15(17,18)19/h4-8,23H,3H2,1-2H3/b6-4-. The molecule has 1 aliphatic rings. The summed E-state index contributed by atoms with van der Waals surface area (Å²) >= 11 is 0. The summed E-state index contributed by atoms with van der Waals surface area (Å²) in [5.41, 5.74) is -6.80. The molecule has 1 atom stereocenters. The second kappa shape index (κ2) is 5.40. The maximum absolute atomic E-state index is 13.4. The van der Waals surface area contributed by atoms with Crippen LogP contribution < -0.4 is 0 Å². The second-order valence-corrected chi connectivity index (χ2v) is 5.28. The molecule has 1 nitrogen and oxygen atoms in total. The van der Waals surface area contributed by atoms with Gasteiger partial charge in [0.25, 0.3) is 0 Å². The van der Waals surface area contributed by atoms with E-state index in [0.717, 1.165) is 19.1 Å². The molecule has 1 aromatic carbocycles. The van der Waals surface area contributed by atoms with Crippen molar-refractivity contribution in [3.8, 4) is 0 Å². The molecule has 0 radical (unpaired) electrons. The van der Waals surface area contributed by atoms with Gasteiger partial charge >= 0.3 is 12.4 Å². The van der Waals surface area contributed by atoms with Gasteiger partial charge in [-0.3, -0.25) is 0 Å². The monoisotopic (exact) mass is 336 g/mol. The average molecular weight is 336 g/mol. The molecule has 0 aliphatic heterocycles. The Kier molecular flexibility index (Phi) is 4.13. The summed E-state index contributed by atoms with van der Waals surface area (Å²) in [6.07, 6.45) is -6.86. The number of allylic oxidation sites excluding steroid dienone is 3. The lowest BCUT2D eigenvalue weighted by atomic mass is 9.89. The number of aliphatic hydroxyl groups is 1. The van der Waals surface area contributed by atoms with Gasteiger partial charge in [0, 0.05) is 11.1 Å². The van der Waals surface area contributed by atoms with Crippen molar-refractivity contribution in [3.63, 3.8) is 0 Å². The van der Waals surface area contributed by atoms with E-state index in [1.54, 1.807) is 6.92 Å². The lowest BCUT2D eigenvalue weighted by Gasteiger charge is -2.29. The highest BCUT2D eigenvalue weighted by atomic mass is 19.4. The minimum absolute atomic E-state index is 0.241. The molecule has 0 spiro atoms. The fraction of sp³-hybridized carbons (Fsp3) is 0.375. The molecule has 0 amide bonds. The summed E-state index contributed by atoms with van der Waals surface area (Å²) in [6, 6.07) is 2.47. The second-order valence-electron chi connectivity index (χ2n) is 5.28. The van der Waals surface area contributed by atoms with E-state index in [2.05, 4.69) is 0 Å². The fourth-order valence-electron chi connectivity index (χ4n) is 2.77. The van der Waals surface area contributed by atoms with Crippen LogP contribution in [0.5, 0.6) is 0 Å². The zero-order valence-electron chi connectivity index (χ0n) is 12.3. The highest BCUT2D eigenvalue weighted by Gasteiger charge is 2.61. The molecule has 0 fully saturated rings. The highest BCUT2D eigenvalue weighted by molar-refractivity contribution is 5.87. The van der Waals surface area contributed by atoms with E-state index in [0.29, 0.717) is 12.5 Å². The Bertz CT molecular complexity index is 681. The number of benzene rings is 1. The van der Waals surface area contributed by atoms with E-state index in [-0.39, 0.29) is 5.57 Å². The SMILES string of the molecule is CC/C=C\C1=C(C)C(O)(C(F)(F)F)c2cccc(C(F)(F)F)c21. The van der Waals surface area contributed by atoms with Crippen LogP contribution in [-0.2, 0) is 11.8 Å². The summed E-state index contributed by atoms with van der Waals surface area (Å²) in [5, 5.41) is 10.2. The van der Waals surface area contributed by atoms with Gasteiger partial charge in [-0.25, -0.2) is 0 Å². The molecule has 1 N–H and O–H groups in total. The Morgan fingerprint density at radius 3 is 2.22 bits per heavy atom. The molecule has 2 rings (SSSR count). The molecule has 23 heavy (non-hydrogen) atoms. The zero-order valence-corrected chi connectivity index (χ0v) is 12.3. The number of fused-ring (bicyclic) bond motifs is 1. The van der Waals surface area contributed by atoms with Crippen molar-refractivity contribution in [2.75, 3.05) is 0 Å². The normalized spacial score (nSPS) is 22.1. The number of hydrogen-bond donors (Lipinski definition) is 1. The van der Waals surface area contributed by atoms with Gasteiger partial charge in [0.1, 0.15) is 0 Å². The number of hydrogen-bond acceptors (Lipinski definition) is 1. The van der Waals surface area contributed by atoms with Crippen LogP contribution in [0.3, 0.4) is 0 Å². The molecular weight excluding hydrogens is 322 g/mol. The van der Waals surface area contributed by atoms with Crippen molar-refractivity contribution in [1.82, 2.24) is 0 Å². The third-order valence-corrected chi connectivity index (χ3v) is 3.91. The van der Waals surface area contributed by atoms with Crippen LogP contribution >= 0.6 is 0 Å². The van der Waals surface area contributed by atoms with E-state index in [1.165, 1.54) is 12.2 Å². The van der Waals surface area contributed by atoms with Crippen molar-refractivity contribution in [2.24, 2.45) is 0 Å². The average Bonchev–Trinajstić information content (AvgIpc) is 2.65. The van der Waals surface area contributed by atoms with Gasteiger partial charge in [0.2, 0.25) is 5.60 Å². The summed E-state index contributed by atoms with van der Waals surface area (Å²) < 4.78 is 79.8. The Balaban J connectivity index is 2.88. The van der Waals surface area contributed by atoms with Gasteiger partial charge in [0.05, 0.1) is 5.56 Å². The summed E-state index contributed by atoms with van der Waals surface area (Å²) in [7, 11) is 0. The molecule has 126 valence electrons. The van der Waals surface area contributed by atoms with Crippen molar-refractivity contribution in [1.29, 1.82) is 0 Å². The predicted octanol–water partition coefficient (Wildman–Crippen LogP) is 5.21. The molecule has 1 aliphatic carbocycles. The minimum atomic E-state index is -5.13. The first kappa shape index (κ1) is 17.6. The predicted molar refractivity (Wildman–Crippen MR) is 73.4 cm³/mol. The molecule has 1 aromatic rings. The third kappa shape index (κ3) is 2.56. The van der Waals surface area contributed by atoms with Crippen LogP contribution in [0.25, 0.3) is 5.57 Å². The first-order valence-corrected chi connectivity index (χ1v) is 6.84. The van der Waals surface area contributed by atoms with Gasteiger partial charge in [-0.1, -0.05) is 31.2 Å². The highest BCUT2D eigenvalue weighted by Crippen LogP contribution is 2.55. The first-order chi connectivity index (χ1) is 10.5. The molecule has 0 saturated carbocycles. The number of alkyl halides is 6. The minimum Gasteiger partial charge on any atom is -0.372 e. The van der Waals surface area contributed by atoms with Gasteiger partial charge in [0.15, 0.2) is 0 Å². The quantitative estimate of drug-likeness (QED) is 0.735. The molecule has 0 heterocycles. The lowest BCUT2D eigenvalue weighted by molar-refractivity contribution is -0.248. The van der Waals surface area contributed by atoms with E-state index in [9.17, 15) is 31.4 Å². The topological polar surface area (TPSA) is 20.2 Å². The van der Waals surface area contributed by atoms with Crippen LogP contribution in [0, 0.1) is 0 Å². The largest absolute Gasteiger partial charge is 0.425 e. The van der Waals surface area contributed by atoms with Crippen LogP contribution in [-0.4, -0.2) is 11.3 Å². The van der Waals surface area contributed by atoms with E-state index in [1.807, 2.05) is 0 Å². The zero-order chi connectivity index (χ0) is 17.6. The molecule has 0 bridgehead atoms. The fourth-order valence-corrected chi connectivity index (χ4v) is 2.77. The Morgan fingerprint density at radius 2 is 1.74 bits per heavy atom. The third-order valence-electron chi connectivity index (χ3n) is 3.91. The van der Waals surface area contributed by atoms with Gasteiger partial charge in [-0.2, -0.15) is 26.3 Å². The van der Waals surface area contributed by atoms with Crippen molar-refractivity contribution < 1.29 is 31.4 Å². The van der Waals surface area contributed by atoms with Crippen molar-refractivity contribution in [2.45, 2.75) is 38.2 Å². The van der Waals surface area contributed by atoms with E-state index >= 15 is 0 Å². The smallest absolute Gasteiger partial charge is 0.372 e. The first-order valence-electron chi connectivity index (χ1n) is 6.84. The van der Waals surface area contributed by atoms with Crippen LogP contribution in [0.1, 0.15) is 37.0 Å². The van der Waals surface area contributed by atoms with E-state index < -0.39 is 40.2 Å². The van der Waals surface area contributed by atoms with Crippen LogP contribution in [0.2, 0.25) is 0 Å². The maximum Gasteiger partial charge on any atom is 0.425 e. The summed E-state index contributed by atoms with van der Waals surface area (Å²) in [5.74, 6) is 0. The van der Waals surface area contributed by atoms with Gasteiger partial charge in [-0.05, 0) is 30.6 Å². The van der Waals surface area contributed by atoms with Gasteiger partial charge < -0.3 is 5.11 Å². The molecule has 0 aromatic heterocycles. The molecule has 1 unspecified atom stereocenters.